The number of fused-ring (bicyclic) bond motifs is 1. The first-order valence-corrected chi connectivity index (χ1v) is 6.84. The standard InChI is InChI=1S/C15H20N2O3/c1-9(2)12(8-14(18)19)17-15(20)13-7-10-5-3-4-6-11(10)16-13/h3-6,9,12-13,16H,7-8H2,1-2H3,(H,17,20)(H,18,19)/t12?,13-/m0/s1. The van der Waals surface area contributed by atoms with Gasteiger partial charge in [-0.15, -0.1) is 0 Å². The summed E-state index contributed by atoms with van der Waals surface area (Å²) >= 11 is 0. The fourth-order valence-corrected chi connectivity index (χ4v) is 2.38. The lowest BCUT2D eigenvalue weighted by Crippen LogP contribution is -2.46. The highest BCUT2D eigenvalue weighted by Gasteiger charge is 2.29. The molecule has 0 saturated heterocycles. The predicted octanol–water partition coefficient (Wildman–Crippen LogP) is 1.64. The van der Waals surface area contributed by atoms with Crippen LogP contribution >= 0.6 is 0 Å². The Morgan fingerprint density at radius 3 is 2.70 bits per heavy atom. The fraction of sp³-hybridized carbons (Fsp3) is 0.467. The molecule has 1 heterocycles. The van der Waals surface area contributed by atoms with Crippen LogP contribution in [0.2, 0.25) is 0 Å². The second-order valence-electron chi connectivity index (χ2n) is 5.52. The number of amides is 1. The van der Waals surface area contributed by atoms with E-state index in [9.17, 15) is 9.59 Å². The Labute approximate surface area is 118 Å². The molecular weight excluding hydrogens is 256 g/mol. The van der Waals surface area contributed by atoms with Gasteiger partial charge in [-0.05, 0) is 17.5 Å². The largest absolute Gasteiger partial charge is 0.481 e. The fourth-order valence-electron chi connectivity index (χ4n) is 2.38. The highest BCUT2D eigenvalue weighted by molar-refractivity contribution is 5.88. The molecule has 0 bridgehead atoms. The first-order chi connectivity index (χ1) is 9.47. The summed E-state index contributed by atoms with van der Waals surface area (Å²) in [6.45, 7) is 3.81. The summed E-state index contributed by atoms with van der Waals surface area (Å²) in [7, 11) is 0. The minimum absolute atomic E-state index is 0.0525. The molecule has 1 unspecified atom stereocenters. The SMILES string of the molecule is CC(C)C(CC(=O)O)NC(=O)[C@@H]1Cc2ccccc2N1. The number of aliphatic carboxylic acids is 1. The Kier molecular flexibility index (Phi) is 4.27. The Hall–Kier alpha value is -2.04. The minimum Gasteiger partial charge on any atom is -0.481 e. The molecule has 1 aliphatic rings. The van der Waals surface area contributed by atoms with Crippen LogP contribution in [-0.2, 0) is 16.0 Å². The Balaban J connectivity index is 1.97. The third kappa shape index (κ3) is 3.29. The van der Waals surface area contributed by atoms with Gasteiger partial charge in [-0.2, -0.15) is 0 Å². The van der Waals surface area contributed by atoms with Gasteiger partial charge in [0.15, 0.2) is 0 Å². The number of hydrogen-bond acceptors (Lipinski definition) is 3. The van der Waals surface area contributed by atoms with Crippen molar-refractivity contribution < 1.29 is 14.7 Å². The summed E-state index contributed by atoms with van der Waals surface area (Å²) in [6, 6.07) is 7.15. The summed E-state index contributed by atoms with van der Waals surface area (Å²) < 4.78 is 0. The monoisotopic (exact) mass is 276 g/mol. The summed E-state index contributed by atoms with van der Waals surface area (Å²) in [6.07, 6.45) is 0.586. The van der Waals surface area contributed by atoms with Gasteiger partial charge in [-0.1, -0.05) is 32.0 Å². The molecule has 20 heavy (non-hydrogen) atoms. The van der Waals surface area contributed by atoms with Crippen LogP contribution in [0.5, 0.6) is 0 Å². The first-order valence-electron chi connectivity index (χ1n) is 6.84. The number of para-hydroxylation sites is 1. The molecule has 1 aromatic rings. The van der Waals surface area contributed by atoms with Gasteiger partial charge in [0, 0.05) is 18.2 Å². The minimum atomic E-state index is -0.897. The number of benzene rings is 1. The summed E-state index contributed by atoms with van der Waals surface area (Å²) in [5, 5.41) is 14.9. The molecule has 2 atom stereocenters. The highest BCUT2D eigenvalue weighted by atomic mass is 16.4. The zero-order valence-corrected chi connectivity index (χ0v) is 11.7. The van der Waals surface area contributed by atoms with Crippen molar-refractivity contribution in [1.29, 1.82) is 0 Å². The topological polar surface area (TPSA) is 78.4 Å². The van der Waals surface area contributed by atoms with Gasteiger partial charge in [0.05, 0.1) is 6.42 Å². The van der Waals surface area contributed by atoms with Crippen LogP contribution in [0.1, 0.15) is 25.8 Å². The van der Waals surface area contributed by atoms with Crippen molar-refractivity contribution in [3.8, 4) is 0 Å². The quantitative estimate of drug-likeness (QED) is 0.764. The van der Waals surface area contributed by atoms with Crippen molar-refractivity contribution in [1.82, 2.24) is 5.32 Å². The average molecular weight is 276 g/mol. The smallest absolute Gasteiger partial charge is 0.305 e. The van der Waals surface area contributed by atoms with E-state index < -0.39 is 5.97 Å². The second-order valence-corrected chi connectivity index (χ2v) is 5.52. The Bertz CT molecular complexity index is 489. The molecule has 0 aromatic heterocycles. The number of anilines is 1. The van der Waals surface area contributed by atoms with Crippen LogP contribution in [0.25, 0.3) is 0 Å². The predicted molar refractivity (Wildman–Crippen MR) is 76.6 cm³/mol. The molecule has 1 amide bonds. The van der Waals surface area contributed by atoms with Crippen LogP contribution in [0, 0.1) is 5.92 Å². The average Bonchev–Trinajstić information content (AvgIpc) is 2.81. The third-order valence-electron chi connectivity index (χ3n) is 3.61. The van der Waals surface area contributed by atoms with E-state index in [1.165, 1.54) is 0 Å². The molecule has 2 rings (SSSR count). The molecule has 108 valence electrons. The van der Waals surface area contributed by atoms with E-state index in [-0.39, 0.29) is 30.3 Å². The molecular formula is C15H20N2O3. The van der Waals surface area contributed by atoms with Gasteiger partial charge >= 0.3 is 5.97 Å². The molecule has 0 radical (unpaired) electrons. The molecule has 3 N–H and O–H groups in total. The van der Waals surface area contributed by atoms with Gasteiger partial charge in [-0.3, -0.25) is 9.59 Å². The summed E-state index contributed by atoms with van der Waals surface area (Å²) in [5.74, 6) is -0.952. The van der Waals surface area contributed by atoms with Gasteiger partial charge in [-0.25, -0.2) is 0 Å². The van der Waals surface area contributed by atoms with Crippen LogP contribution in [-0.4, -0.2) is 29.1 Å². The maximum absolute atomic E-state index is 12.2. The lowest BCUT2D eigenvalue weighted by atomic mass is 10.00. The third-order valence-corrected chi connectivity index (χ3v) is 3.61. The first kappa shape index (κ1) is 14.4. The lowest BCUT2D eigenvalue weighted by Gasteiger charge is -2.22. The van der Waals surface area contributed by atoms with Crippen molar-refractivity contribution >= 4 is 17.6 Å². The number of carbonyl (C=O) groups excluding carboxylic acids is 1. The Morgan fingerprint density at radius 1 is 1.40 bits per heavy atom. The zero-order valence-electron chi connectivity index (χ0n) is 11.7. The second kappa shape index (κ2) is 5.94. The van der Waals surface area contributed by atoms with Gasteiger partial charge in [0.25, 0.3) is 0 Å². The van der Waals surface area contributed by atoms with Crippen molar-refractivity contribution in [3.63, 3.8) is 0 Å². The van der Waals surface area contributed by atoms with E-state index in [2.05, 4.69) is 10.6 Å². The van der Waals surface area contributed by atoms with E-state index in [4.69, 9.17) is 5.11 Å². The van der Waals surface area contributed by atoms with Crippen LogP contribution in [0.15, 0.2) is 24.3 Å². The number of carboxylic acid groups (broad SMARTS) is 1. The van der Waals surface area contributed by atoms with Crippen molar-refractivity contribution in [2.24, 2.45) is 5.92 Å². The van der Waals surface area contributed by atoms with Crippen molar-refractivity contribution in [2.75, 3.05) is 5.32 Å². The van der Waals surface area contributed by atoms with Crippen LogP contribution < -0.4 is 10.6 Å². The van der Waals surface area contributed by atoms with E-state index >= 15 is 0 Å². The Morgan fingerprint density at radius 2 is 2.10 bits per heavy atom. The van der Waals surface area contributed by atoms with E-state index in [0.29, 0.717) is 6.42 Å². The van der Waals surface area contributed by atoms with Crippen LogP contribution in [0.4, 0.5) is 5.69 Å². The summed E-state index contributed by atoms with van der Waals surface area (Å²) in [4.78, 5) is 23.1. The van der Waals surface area contributed by atoms with E-state index in [0.717, 1.165) is 11.3 Å². The van der Waals surface area contributed by atoms with Crippen molar-refractivity contribution in [2.45, 2.75) is 38.8 Å². The molecule has 0 saturated carbocycles. The molecule has 1 aliphatic heterocycles. The maximum atomic E-state index is 12.2. The van der Waals surface area contributed by atoms with E-state index in [1.807, 2.05) is 38.1 Å². The van der Waals surface area contributed by atoms with Crippen molar-refractivity contribution in [3.05, 3.63) is 29.8 Å². The number of carboxylic acids is 1. The molecule has 5 heteroatoms. The number of hydrogen-bond donors (Lipinski definition) is 3. The zero-order chi connectivity index (χ0) is 14.7. The molecule has 1 aromatic carbocycles. The van der Waals surface area contributed by atoms with Crippen LogP contribution in [0.3, 0.4) is 0 Å². The summed E-state index contributed by atoms with van der Waals surface area (Å²) in [5.41, 5.74) is 2.10. The normalized spacial score (nSPS) is 18.2. The van der Waals surface area contributed by atoms with Gasteiger partial charge < -0.3 is 15.7 Å². The molecule has 0 spiro atoms. The lowest BCUT2D eigenvalue weighted by molar-refractivity contribution is -0.138. The van der Waals surface area contributed by atoms with Gasteiger partial charge in [0.1, 0.15) is 6.04 Å². The maximum Gasteiger partial charge on any atom is 0.305 e. The van der Waals surface area contributed by atoms with Gasteiger partial charge in [0.2, 0.25) is 5.91 Å². The number of rotatable bonds is 5. The highest BCUT2D eigenvalue weighted by Crippen LogP contribution is 2.25. The molecule has 0 fully saturated rings. The number of nitrogens with one attached hydrogen (secondary N) is 2. The number of carbonyl (C=O) groups is 2. The van der Waals surface area contributed by atoms with E-state index in [1.54, 1.807) is 0 Å². The molecule has 0 aliphatic carbocycles. The molecule has 5 nitrogen and oxygen atoms in total.